The topological polar surface area (TPSA) is 81.2 Å². The number of hydrogen-bond acceptors (Lipinski definition) is 4. The second kappa shape index (κ2) is 7.33. The molecule has 1 fully saturated rings. The van der Waals surface area contributed by atoms with Crippen LogP contribution in [-0.4, -0.2) is 16.9 Å². The number of carbonyl (C=O) groups excluding carboxylic acids is 1. The van der Waals surface area contributed by atoms with Crippen molar-refractivity contribution in [3.63, 3.8) is 0 Å². The zero-order valence-electron chi connectivity index (χ0n) is 16.1. The summed E-state index contributed by atoms with van der Waals surface area (Å²) in [7, 11) is 0. The Morgan fingerprint density at radius 1 is 1.00 bits per heavy atom. The summed E-state index contributed by atoms with van der Waals surface area (Å²) in [6, 6.07) is 16.1. The Labute approximate surface area is 168 Å². The first-order chi connectivity index (χ1) is 14.2. The molecule has 146 valence electrons. The van der Waals surface area contributed by atoms with E-state index in [1.54, 1.807) is 0 Å². The van der Waals surface area contributed by atoms with Crippen molar-refractivity contribution in [3.05, 3.63) is 60.9 Å². The van der Waals surface area contributed by atoms with Gasteiger partial charge in [-0.15, -0.1) is 0 Å². The molecule has 0 aliphatic heterocycles. The van der Waals surface area contributed by atoms with Crippen LogP contribution in [0.1, 0.15) is 25.7 Å². The van der Waals surface area contributed by atoms with Gasteiger partial charge in [0.2, 0.25) is 5.91 Å². The Balaban J connectivity index is 1.48. The van der Waals surface area contributed by atoms with Gasteiger partial charge in [0.05, 0.1) is 0 Å². The lowest BCUT2D eigenvalue weighted by Gasteiger charge is -2.25. The fraction of sp³-hybridized carbons (Fsp3) is 0.250. The van der Waals surface area contributed by atoms with Crippen molar-refractivity contribution in [2.45, 2.75) is 31.7 Å². The summed E-state index contributed by atoms with van der Waals surface area (Å²) in [5.74, 6) is 0.891. The molecular weight excluding hydrogens is 362 g/mol. The molecule has 0 bridgehead atoms. The number of carbonyl (C=O) groups is 1. The summed E-state index contributed by atoms with van der Waals surface area (Å²) in [4.78, 5) is 17.1. The van der Waals surface area contributed by atoms with Gasteiger partial charge in [0.25, 0.3) is 0 Å². The molecule has 4 aromatic rings. The zero-order chi connectivity index (χ0) is 19.8. The van der Waals surface area contributed by atoms with Gasteiger partial charge in [0.1, 0.15) is 11.3 Å². The van der Waals surface area contributed by atoms with Gasteiger partial charge in [-0.1, -0.05) is 24.3 Å². The predicted octanol–water partition coefficient (Wildman–Crippen LogP) is 5.10. The summed E-state index contributed by atoms with van der Waals surface area (Å²) in [5, 5.41) is 6.15. The maximum absolute atomic E-state index is 12.7. The van der Waals surface area contributed by atoms with Gasteiger partial charge in [0, 0.05) is 46.4 Å². The standard InChI is InChI=1S/C24H23N3O2/c25-18-8-5-15(6-9-18)24(28)27-19-10-7-17-13-26-14-21(20(17)12-19)23-11-16-3-1-2-4-22(16)29-23/h1-4,7,10-15,18H,5-6,8-9,25H2,(H,27,28). The third-order valence-electron chi connectivity index (χ3n) is 5.86. The second-order valence-corrected chi connectivity index (χ2v) is 7.87. The van der Waals surface area contributed by atoms with E-state index in [4.69, 9.17) is 10.2 Å². The van der Waals surface area contributed by atoms with Crippen molar-refractivity contribution in [1.82, 2.24) is 4.98 Å². The molecular formula is C24H23N3O2. The normalized spacial score (nSPS) is 19.5. The summed E-state index contributed by atoms with van der Waals surface area (Å²) in [5.41, 5.74) is 8.52. The van der Waals surface area contributed by atoms with Crippen molar-refractivity contribution >= 4 is 33.3 Å². The van der Waals surface area contributed by atoms with E-state index >= 15 is 0 Å². The van der Waals surface area contributed by atoms with Gasteiger partial charge in [0.15, 0.2) is 0 Å². The Kier molecular flexibility index (Phi) is 4.52. The monoisotopic (exact) mass is 385 g/mol. The lowest BCUT2D eigenvalue weighted by Crippen LogP contribution is -2.32. The number of anilines is 1. The van der Waals surface area contributed by atoms with Crippen LogP contribution in [0, 0.1) is 5.92 Å². The minimum absolute atomic E-state index is 0.0396. The van der Waals surface area contributed by atoms with Crippen molar-refractivity contribution in [1.29, 1.82) is 0 Å². The molecule has 1 aliphatic carbocycles. The lowest BCUT2D eigenvalue weighted by molar-refractivity contribution is -0.120. The fourth-order valence-corrected chi connectivity index (χ4v) is 4.18. The number of hydrogen-bond donors (Lipinski definition) is 2. The van der Waals surface area contributed by atoms with Crippen LogP contribution in [0.25, 0.3) is 33.1 Å². The molecule has 29 heavy (non-hydrogen) atoms. The number of benzene rings is 2. The summed E-state index contributed by atoms with van der Waals surface area (Å²) in [6.07, 6.45) is 7.18. The number of nitrogens with one attached hydrogen (secondary N) is 1. The van der Waals surface area contributed by atoms with E-state index < -0.39 is 0 Å². The first-order valence-electron chi connectivity index (χ1n) is 10.1. The molecule has 0 spiro atoms. The number of aromatic nitrogens is 1. The molecule has 1 saturated carbocycles. The minimum Gasteiger partial charge on any atom is -0.456 e. The van der Waals surface area contributed by atoms with Gasteiger partial charge in [-0.05, 0) is 55.3 Å². The number of furan rings is 1. The quantitative estimate of drug-likeness (QED) is 0.514. The lowest BCUT2D eigenvalue weighted by atomic mass is 9.86. The van der Waals surface area contributed by atoms with Gasteiger partial charge >= 0.3 is 0 Å². The van der Waals surface area contributed by atoms with Crippen molar-refractivity contribution < 1.29 is 9.21 Å². The van der Waals surface area contributed by atoms with Crippen LogP contribution in [0.4, 0.5) is 5.69 Å². The van der Waals surface area contributed by atoms with Crippen molar-refractivity contribution in [2.75, 3.05) is 5.32 Å². The first-order valence-corrected chi connectivity index (χ1v) is 10.1. The molecule has 5 heteroatoms. The number of fused-ring (bicyclic) bond motifs is 2. The van der Waals surface area contributed by atoms with Crippen LogP contribution in [0.15, 0.2) is 65.3 Å². The van der Waals surface area contributed by atoms with Gasteiger partial charge in [-0.2, -0.15) is 0 Å². The first kappa shape index (κ1) is 17.9. The molecule has 0 saturated heterocycles. The van der Waals surface area contributed by atoms with Gasteiger partial charge in [-0.3, -0.25) is 9.78 Å². The molecule has 2 aromatic carbocycles. The number of para-hydroxylation sites is 1. The Bertz CT molecular complexity index is 1160. The highest BCUT2D eigenvalue weighted by Crippen LogP contribution is 2.34. The Hall–Kier alpha value is -3.18. The predicted molar refractivity (Wildman–Crippen MR) is 116 cm³/mol. The molecule has 3 N–H and O–H groups in total. The van der Waals surface area contributed by atoms with E-state index in [1.807, 2.05) is 60.9 Å². The maximum atomic E-state index is 12.7. The van der Waals surface area contributed by atoms with E-state index in [2.05, 4.69) is 10.3 Å². The molecule has 0 atom stereocenters. The number of amides is 1. The van der Waals surface area contributed by atoms with Crippen LogP contribution in [0.3, 0.4) is 0 Å². The molecule has 0 radical (unpaired) electrons. The largest absolute Gasteiger partial charge is 0.456 e. The Morgan fingerprint density at radius 3 is 2.66 bits per heavy atom. The van der Waals surface area contributed by atoms with Crippen molar-refractivity contribution in [3.8, 4) is 11.3 Å². The number of rotatable bonds is 3. The highest BCUT2D eigenvalue weighted by atomic mass is 16.3. The number of pyridine rings is 1. The number of nitrogens with two attached hydrogens (primary N) is 1. The molecule has 1 amide bonds. The van der Waals surface area contributed by atoms with Crippen LogP contribution in [-0.2, 0) is 4.79 Å². The van der Waals surface area contributed by atoms with E-state index in [0.29, 0.717) is 0 Å². The molecule has 5 nitrogen and oxygen atoms in total. The van der Waals surface area contributed by atoms with Gasteiger partial charge in [-0.25, -0.2) is 0 Å². The van der Waals surface area contributed by atoms with E-state index in [0.717, 1.165) is 64.4 Å². The second-order valence-electron chi connectivity index (χ2n) is 7.87. The zero-order valence-corrected chi connectivity index (χ0v) is 16.1. The fourth-order valence-electron chi connectivity index (χ4n) is 4.18. The smallest absolute Gasteiger partial charge is 0.227 e. The highest BCUT2D eigenvalue weighted by Gasteiger charge is 2.24. The van der Waals surface area contributed by atoms with E-state index in [9.17, 15) is 4.79 Å². The third-order valence-corrected chi connectivity index (χ3v) is 5.86. The Morgan fingerprint density at radius 2 is 1.83 bits per heavy atom. The average molecular weight is 385 g/mol. The molecule has 5 rings (SSSR count). The molecule has 2 aromatic heterocycles. The summed E-state index contributed by atoms with van der Waals surface area (Å²) >= 11 is 0. The van der Waals surface area contributed by atoms with Crippen LogP contribution in [0.2, 0.25) is 0 Å². The van der Waals surface area contributed by atoms with Gasteiger partial charge < -0.3 is 15.5 Å². The van der Waals surface area contributed by atoms with Crippen LogP contribution < -0.4 is 11.1 Å². The number of nitrogens with zero attached hydrogens (tertiary/aromatic N) is 1. The van der Waals surface area contributed by atoms with Crippen molar-refractivity contribution in [2.24, 2.45) is 11.7 Å². The average Bonchev–Trinajstić information content (AvgIpc) is 3.18. The maximum Gasteiger partial charge on any atom is 0.227 e. The minimum atomic E-state index is 0.0396. The summed E-state index contributed by atoms with van der Waals surface area (Å²) in [6.45, 7) is 0. The van der Waals surface area contributed by atoms with E-state index in [-0.39, 0.29) is 17.9 Å². The SMILES string of the molecule is NC1CCC(C(=O)Nc2ccc3cncc(-c4cc5ccccc5o4)c3c2)CC1. The van der Waals surface area contributed by atoms with Crippen LogP contribution >= 0.6 is 0 Å². The van der Waals surface area contributed by atoms with Crippen LogP contribution in [0.5, 0.6) is 0 Å². The highest BCUT2D eigenvalue weighted by molar-refractivity contribution is 6.01. The molecule has 2 heterocycles. The molecule has 1 aliphatic rings. The third kappa shape index (κ3) is 3.49. The van der Waals surface area contributed by atoms with E-state index in [1.165, 1.54) is 0 Å². The summed E-state index contributed by atoms with van der Waals surface area (Å²) < 4.78 is 6.05. The molecule has 0 unspecified atom stereocenters.